The first-order valence-corrected chi connectivity index (χ1v) is 11.8. The summed E-state index contributed by atoms with van der Waals surface area (Å²) in [4.78, 5) is 54.8. The molecule has 1 aliphatic rings. The van der Waals surface area contributed by atoms with E-state index >= 15 is 0 Å². The van der Waals surface area contributed by atoms with Crippen molar-refractivity contribution in [2.45, 2.75) is 58.6 Å². The minimum absolute atomic E-state index is 0.0739. The smallest absolute Gasteiger partial charge is 0.348 e. The number of amides is 1. The van der Waals surface area contributed by atoms with Crippen LogP contribution < -0.4 is 10.9 Å². The van der Waals surface area contributed by atoms with E-state index in [9.17, 15) is 19.2 Å². The monoisotopic (exact) mass is 467 g/mol. The number of esters is 1. The van der Waals surface area contributed by atoms with Gasteiger partial charge in [-0.1, -0.05) is 6.42 Å². The Balaban J connectivity index is 1.54. The van der Waals surface area contributed by atoms with Gasteiger partial charge in [0.1, 0.15) is 15.8 Å². The number of ketones is 1. The highest BCUT2D eigenvalue weighted by molar-refractivity contribution is 7.20. The Morgan fingerprint density at radius 3 is 2.52 bits per heavy atom. The van der Waals surface area contributed by atoms with Crippen LogP contribution in [0.15, 0.2) is 35.4 Å². The van der Waals surface area contributed by atoms with Gasteiger partial charge in [0.05, 0.1) is 18.3 Å². The largest absolute Gasteiger partial charge is 0.458 e. The number of thiophene rings is 1. The van der Waals surface area contributed by atoms with Crippen molar-refractivity contribution in [3.63, 3.8) is 0 Å². The molecule has 4 rings (SSSR count). The van der Waals surface area contributed by atoms with E-state index < -0.39 is 5.97 Å². The minimum atomic E-state index is -0.413. The minimum Gasteiger partial charge on any atom is -0.458 e. The van der Waals surface area contributed by atoms with Crippen LogP contribution in [0.25, 0.3) is 10.2 Å². The van der Waals surface area contributed by atoms with Gasteiger partial charge in [0.2, 0.25) is 5.91 Å². The van der Waals surface area contributed by atoms with E-state index in [2.05, 4.69) is 10.3 Å². The zero-order chi connectivity index (χ0) is 23.5. The van der Waals surface area contributed by atoms with Crippen LogP contribution in [0.4, 0.5) is 5.69 Å². The Morgan fingerprint density at radius 1 is 1.15 bits per heavy atom. The number of aryl methyl sites for hydroxylation is 1. The molecule has 2 aromatic heterocycles. The molecule has 0 bridgehead atoms. The highest BCUT2D eigenvalue weighted by Gasteiger charge is 2.24. The maximum Gasteiger partial charge on any atom is 0.348 e. The van der Waals surface area contributed by atoms with E-state index in [0.29, 0.717) is 31.9 Å². The van der Waals surface area contributed by atoms with E-state index in [1.54, 1.807) is 31.2 Å². The number of fused-ring (bicyclic) bond motifs is 1. The number of Topliss-reactive ketones (excluding diaryl/α,β-unsaturated/α-hetero) is 1. The molecule has 3 aromatic rings. The number of aromatic nitrogens is 2. The van der Waals surface area contributed by atoms with Crippen LogP contribution in [0, 0.1) is 6.92 Å². The average Bonchev–Trinajstić information content (AvgIpc) is 3.13. The Morgan fingerprint density at radius 2 is 1.85 bits per heavy atom. The first-order chi connectivity index (χ1) is 15.8. The number of hydrogen-bond donors (Lipinski definition) is 1. The Hall–Kier alpha value is -3.33. The number of rotatable bonds is 6. The molecular weight excluding hydrogens is 442 g/mol. The SMILES string of the molecule is CC(=O)Nc1ccc(C(=O)Cn2cnc3sc(C(=O)OC4CCCCC4)c(C)c3c2=O)cc1. The van der Waals surface area contributed by atoms with Gasteiger partial charge in [0.15, 0.2) is 5.78 Å². The second kappa shape index (κ2) is 9.66. The summed E-state index contributed by atoms with van der Waals surface area (Å²) in [6, 6.07) is 6.46. The first-order valence-electron chi connectivity index (χ1n) is 10.9. The molecule has 33 heavy (non-hydrogen) atoms. The normalized spacial score (nSPS) is 14.2. The van der Waals surface area contributed by atoms with Crippen molar-refractivity contribution in [3.05, 3.63) is 57.0 Å². The second-order valence-corrected chi connectivity index (χ2v) is 9.26. The molecule has 0 radical (unpaired) electrons. The number of hydrogen-bond acceptors (Lipinski definition) is 7. The topological polar surface area (TPSA) is 107 Å². The van der Waals surface area contributed by atoms with Crippen molar-refractivity contribution < 1.29 is 19.1 Å². The highest BCUT2D eigenvalue weighted by Crippen LogP contribution is 2.29. The maximum atomic E-state index is 13.1. The molecule has 1 amide bonds. The van der Waals surface area contributed by atoms with E-state index in [0.717, 1.165) is 43.4 Å². The molecule has 2 heterocycles. The predicted molar refractivity (Wildman–Crippen MR) is 126 cm³/mol. The van der Waals surface area contributed by atoms with Crippen LogP contribution in [0.1, 0.15) is 64.6 Å². The highest BCUT2D eigenvalue weighted by atomic mass is 32.1. The molecule has 0 unspecified atom stereocenters. The van der Waals surface area contributed by atoms with E-state index in [4.69, 9.17) is 4.74 Å². The Bertz CT molecular complexity index is 1270. The zero-order valence-electron chi connectivity index (χ0n) is 18.6. The molecule has 0 aliphatic heterocycles. The lowest BCUT2D eigenvalue weighted by molar-refractivity contribution is -0.114. The first kappa shape index (κ1) is 22.8. The fraction of sp³-hybridized carbons (Fsp3) is 0.375. The molecule has 1 aliphatic carbocycles. The van der Waals surface area contributed by atoms with Gasteiger partial charge in [0.25, 0.3) is 5.56 Å². The predicted octanol–water partition coefficient (Wildman–Crippen LogP) is 4.10. The van der Waals surface area contributed by atoms with Crippen molar-refractivity contribution in [2.75, 3.05) is 5.32 Å². The number of anilines is 1. The fourth-order valence-electron chi connectivity index (χ4n) is 4.04. The number of ether oxygens (including phenoxy) is 1. The summed E-state index contributed by atoms with van der Waals surface area (Å²) in [5.74, 6) is -0.880. The lowest BCUT2D eigenvalue weighted by atomic mass is 9.98. The third kappa shape index (κ3) is 5.03. The average molecular weight is 468 g/mol. The number of carbonyl (C=O) groups excluding carboxylic acids is 3. The van der Waals surface area contributed by atoms with Crippen molar-refractivity contribution in [3.8, 4) is 0 Å². The van der Waals surface area contributed by atoms with E-state index in [1.165, 1.54) is 17.8 Å². The summed E-state index contributed by atoms with van der Waals surface area (Å²) in [5.41, 5.74) is 1.17. The van der Waals surface area contributed by atoms with Gasteiger partial charge in [0, 0.05) is 18.2 Å². The van der Waals surface area contributed by atoms with Crippen LogP contribution in [-0.4, -0.2) is 33.3 Å². The van der Waals surface area contributed by atoms with Crippen molar-refractivity contribution in [1.82, 2.24) is 9.55 Å². The molecule has 1 N–H and O–H groups in total. The number of nitrogens with one attached hydrogen (secondary N) is 1. The summed E-state index contributed by atoms with van der Waals surface area (Å²) in [5, 5.41) is 2.98. The molecule has 0 atom stereocenters. The van der Waals surface area contributed by atoms with Crippen LogP contribution in [0.5, 0.6) is 0 Å². The van der Waals surface area contributed by atoms with Gasteiger partial charge in [-0.05, 0) is 62.4 Å². The maximum absolute atomic E-state index is 13.1. The molecule has 172 valence electrons. The van der Waals surface area contributed by atoms with Gasteiger partial charge >= 0.3 is 5.97 Å². The van der Waals surface area contributed by atoms with Crippen LogP contribution in [-0.2, 0) is 16.1 Å². The quantitative estimate of drug-likeness (QED) is 0.432. The van der Waals surface area contributed by atoms with Crippen LogP contribution >= 0.6 is 11.3 Å². The standard InChI is InChI=1S/C24H25N3O5S/c1-14-20-22(33-21(14)24(31)32-18-6-4-3-5-7-18)25-13-27(23(20)30)12-19(29)16-8-10-17(11-9-16)26-15(2)28/h8-11,13,18H,3-7,12H2,1-2H3,(H,26,28). The van der Waals surface area contributed by atoms with Crippen LogP contribution in [0.3, 0.4) is 0 Å². The molecule has 1 fully saturated rings. The van der Waals surface area contributed by atoms with E-state index in [-0.39, 0.29) is 29.9 Å². The molecule has 8 nitrogen and oxygen atoms in total. The molecule has 1 saturated carbocycles. The molecule has 0 spiro atoms. The third-order valence-corrected chi connectivity index (χ3v) is 6.95. The lowest BCUT2D eigenvalue weighted by Crippen LogP contribution is -2.25. The van der Waals surface area contributed by atoms with Gasteiger partial charge in [-0.3, -0.25) is 19.0 Å². The van der Waals surface area contributed by atoms with Crippen LogP contribution in [0.2, 0.25) is 0 Å². The van der Waals surface area contributed by atoms with E-state index in [1.807, 2.05) is 0 Å². The molecule has 0 saturated heterocycles. The lowest BCUT2D eigenvalue weighted by Gasteiger charge is -2.21. The molecule has 1 aromatic carbocycles. The number of carbonyl (C=O) groups is 3. The Kier molecular flexibility index (Phi) is 6.69. The summed E-state index contributed by atoms with van der Waals surface area (Å²) in [7, 11) is 0. The van der Waals surface area contributed by atoms with Crippen molar-refractivity contribution >= 4 is 44.9 Å². The van der Waals surface area contributed by atoms with Gasteiger partial charge < -0.3 is 10.1 Å². The third-order valence-electron chi connectivity index (χ3n) is 5.77. The van der Waals surface area contributed by atoms with Crippen molar-refractivity contribution in [1.29, 1.82) is 0 Å². The summed E-state index contributed by atoms with van der Waals surface area (Å²) in [6.07, 6.45) is 6.27. The summed E-state index contributed by atoms with van der Waals surface area (Å²) >= 11 is 1.15. The summed E-state index contributed by atoms with van der Waals surface area (Å²) in [6.45, 7) is 2.94. The molecular formula is C24H25N3O5S. The van der Waals surface area contributed by atoms with Gasteiger partial charge in [-0.15, -0.1) is 11.3 Å². The van der Waals surface area contributed by atoms with Gasteiger partial charge in [-0.25, -0.2) is 9.78 Å². The van der Waals surface area contributed by atoms with Crippen molar-refractivity contribution in [2.24, 2.45) is 0 Å². The Labute approximate surface area is 194 Å². The second-order valence-electron chi connectivity index (χ2n) is 8.26. The fourth-order valence-corrected chi connectivity index (χ4v) is 5.07. The summed E-state index contributed by atoms with van der Waals surface area (Å²) < 4.78 is 6.92. The number of nitrogens with zero attached hydrogens (tertiary/aromatic N) is 2. The molecule has 9 heteroatoms. The zero-order valence-corrected chi connectivity index (χ0v) is 19.4. The number of benzene rings is 1. The van der Waals surface area contributed by atoms with Gasteiger partial charge in [-0.2, -0.15) is 0 Å².